The molecule has 1 saturated carbocycles. The number of hydrogen-bond donors (Lipinski definition) is 1. The molecule has 1 aliphatic heterocycles. The molecule has 0 aromatic carbocycles. The van der Waals surface area contributed by atoms with Crippen LogP contribution in [0.4, 0.5) is 0 Å². The number of carbonyl (C=O) groups is 1. The average molecular weight is 186 g/mol. The van der Waals surface area contributed by atoms with Crippen LogP contribution in [0.3, 0.4) is 0 Å². The van der Waals surface area contributed by atoms with Crippen LogP contribution in [-0.2, 0) is 14.3 Å². The summed E-state index contributed by atoms with van der Waals surface area (Å²) in [6, 6.07) is 0. The largest absolute Gasteiger partial charge is 0.477 e. The molecular formula is C9H14O4. The molecule has 1 heterocycles. The summed E-state index contributed by atoms with van der Waals surface area (Å²) in [7, 11) is 0. The van der Waals surface area contributed by atoms with E-state index in [0.717, 1.165) is 25.7 Å². The maximum absolute atomic E-state index is 10.6. The molecule has 1 unspecified atom stereocenters. The van der Waals surface area contributed by atoms with Crippen LogP contribution < -0.4 is 0 Å². The predicted molar refractivity (Wildman–Crippen MR) is 44.3 cm³/mol. The van der Waals surface area contributed by atoms with Crippen LogP contribution in [0.2, 0.25) is 0 Å². The lowest BCUT2D eigenvalue weighted by Crippen LogP contribution is -2.35. The summed E-state index contributed by atoms with van der Waals surface area (Å²) < 4.78 is 10.5. The molecule has 1 spiro atoms. The zero-order valence-electron chi connectivity index (χ0n) is 7.49. The van der Waals surface area contributed by atoms with Crippen LogP contribution in [0.25, 0.3) is 0 Å². The standard InChI is InChI=1S/C9H14O4/c10-7(11)8-12-6-9(13-8)4-2-1-3-5-9/h8H,1-6H2,(H,10,11). The number of hydrogen-bond acceptors (Lipinski definition) is 3. The number of carboxylic acids is 1. The second-order valence-corrected chi connectivity index (χ2v) is 3.84. The van der Waals surface area contributed by atoms with Gasteiger partial charge >= 0.3 is 5.97 Å². The van der Waals surface area contributed by atoms with Gasteiger partial charge in [-0.1, -0.05) is 19.3 Å². The molecule has 2 fully saturated rings. The highest BCUT2D eigenvalue weighted by atomic mass is 16.7. The van der Waals surface area contributed by atoms with E-state index < -0.39 is 12.3 Å². The van der Waals surface area contributed by atoms with Gasteiger partial charge in [0, 0.05) is 0 Å². The minimum atomic E-state index is -1.03. The van der Waals surface area contributed by atoms with Crippen molar-refractivity contribution >= 4 is 5.97 Å². The zero-order chi connectivity index (χ0) is 9.31. The number of aliphatic carboxylic acids is 1. The normalized spacial score (nSPS) is 32.2. The quantitative estimate of drug-likeness (QED) is 0.667. The molecule has 0 amide bonds. The minimum Gasteiger partial charge on any atom is -0.477 e. The topological polar surface area (TPSA) is 55.8 Å². The van der Waals surface area contributed by atoms with Crippen molar-refractivity contribution in [2.45, 2.75) is 44.0 Å². The first-order valence-electron chi connectivity index (χ1n) is 4.74. The monoisotopic (exact) mass is 186 g/mol. The Morgan fingerprint density at radius 3 is 2.54 bits per heavy atom. The smallest absolute Gasteiger partial charge is 0.361 e. The van der Waals surface area contributed by atoms with Crippen molar-refractivity contribution < 1.29 is 19.4 Å². The van der Waals surface area contributed by atoms with Crippen molar-refractivity contribution in [2.24, 2.45) is 0 Å². The fourth-order valence-corrected chi connectivity index (χ4v) is 2.10. The molecule has 1 saturated heterocycles. The van der Waals surface area contributed by atoms with Gasteiger partial charge in [0.05, 0.1) is 12.2 Å². The van der Waals surface area contributed by atoms with Gasteiger partial charge in [-0.3, -0.25) is 0 Å². The lowest BCUT2D eigenvalue weighted by atomic mass is 9.86. The van der Waals surface area contributed by atoms with Gasteiger partial charge in [-0.05, 0) is 12.8 Å². The van der Waals surface area contributed by atoms with E-state index in [1.54, 1.807) is 0 Å². The molecule has 1 atom stereocenters. The zero-order valence-corrected chi connectivity index (χ0v) is 7.49. The van der Waals surface area contributed by atoms with E-state index in [1.165, 1.54) is 6.42 Å². The van der Waals surface area contributed by atoms with E-state index in [4.69, 9.17) is 14.6 Å². The predicted octanol–water partition coefficient (Wildman–Crippen LogP) is 1.15. The van der Waals surface area contributed by atoms with Crippen molar-refractivity contribution in [3.63, 3.8) is 0 Å². The first-order valence-corrected chi connectivity index (χ1v) is 4.74. The Hall–Kier alpha value is -0.610. The molecule has 2 rings (SSSR count). The fourth-order valence-electron chi connectivity index (χ4n) is 2.10. The minimum absolute atomic E-state index is 0.276. The number of carboxylic acid groups (broad SMARTS) is 1. The van der Waals surface area contributed by atoms with Crippen molar-refractivity contribution in [1.82, 2.24) is 0 Å². The second-order valence-electron chi connectivity index (χ2n) is 3.84. The van der Waals surface area contributed by atoms with Crippen LogP contribution >= 0.6 is 0 Å². The van der Waals surface area contributed by atoms with Gasteiger partial charge < -0.3 is 14.6 Å². The molecule has 0 radical (unpaired) electrons. The van der Waals surface area contributed by atoms with Crippen molar-refractivity contribution in [2.75, 3.05) is 6.61 Å². The Labute approximate surface area is 76.8 Å². The summed E-state index contributed by atoms with van der Waals surface area (Å²) in [4.78, 5) is 10.6. The third kappa shape index (κ3) is 1.69. The van der Waals surface area contributed by atoms with Crippen molar-refractivity contribution in [3.8, 4) is 0 Å². The fraction of sp³-hybridized carbons (Fsp3) is 0.889. The van der Waals surface area contributed by atoms with E-state index in [0.29, 0.717) is 6.61 Å². The molecule has 0 aromatic rings. The Morgan fingerprint density at radius 1 is 1.31 bits per heavy atom. The maximum Gasteiger partial charge on any atom is 0.361 e. The Bertz CT molecular complexity index is 208. The molecule has 4 heteroatoms. The summed E-state index contributed by atoms with van der Waals surface area (Å²) in [5, 5.41) is 8.68. The summed E-state index contributed by atoms with van der Waals surface area (Å²) in [5.41, 5.74) is -0.276. The van der Waals surface area contributed by atoms with Crippen molar-refractivity contribution in [1.29, 1.82) is 0 Å². The highest BCUT2D eigenvalue weighted by Crippen LogP contribution is 2.37. The molecule has 4 nitrogen and oxygen atoms in total. The lowest BCUT2D eigenvalue weighted by Gasteiger charge is -2.30. The molecule has 1 N–H and O–H groups in total. The van der Waals surface area contributed by atoms with Crippen LogP contribution in [0.1, 0.15) is 32.1 Å². The third-order valence-electron chi connectivity index (χ3n) is 2.82. The maximum atomic E-state index is 10.6. The summed E-state index contributed by atoms with van der Waals surface area (Å²) in [6.07, 6.45) is 4.32. The SMILES string of the molecule is O=C(O)C1OCC2(CCCCC2)O1. The average Bonchev–Trinajstić information content (AvgIpc) is 2.51. The first-order chi connectivity index (χ1) is 6.22. The summed E-state index contributed by atoms with van der Waals surface area (Å²) >= 11 is 0. The Balaban J connectivity index is 1.98. The molecule has 0 aromatic heterocycles. The molecular weight excluding hydrogens is 172 g/mol. The molecule has 0 bridgehead atoms. The van der Waals surface area contributed by atoms with Crippen LogP contribution in [-0.4, -0.2) is 29.6 Å². The molecule has 2 aliphatic rings. The lowest BCUT2D eigenvalue weighted by molar-refractivity contribution is -0.173. The highest BCUT2D eigenvalue weighted by Gasteiger charge is 2.44. The molecule has 13 heavy (non-hydrogen) atoms. The number of ether oxygens (including phenoxy) is 2. The molecule has 74 valence electrons. The second kappa shape index (κ2) is 3.27. The van der Waals surface area contributed by atoms with Gasteiger partial charge in [-0.2, -0.15) is 0 Å². The van der Waals surface area contributed by atoms with Gasteiger partial charge in [0.1, 0.15) is 0 Å². The van der Waals surface area contributed by atoms with Crippen LogP contribution in [0.5, 0.6) is 0 Å². The Morgan fingerprint density at radius 2 is 2.00 bits per heavy atom. The Kier molecular flexibility index (Phi) is 2.26. The first kappa shape index (κ1) is 8.97. The van der Waals surface area contributed by atoms with E-state index in [9.17, 15) is 4.79 Å². The van der Waals surface area contributed by atoms with Gasteiger partial charge in [0.15, 0.2) is 0 Å². The third-order valence-corrected chi connectivity index (χ3v) is 2.82. The summed E-state index contributed by atoms with van der Waals surface area (Å²) in [5.74, 6) is -1.01. The van der Waals surface area contributed by atoms with E-state index >= 15 is 0 Å². The van der Waals surface area contributed by atoms with Crippen LogP contribution in [0.15, 0.2) is 0 Å². The van der Waals surface area contributed by atoms with Crippen molar-refractivity contribution in [3.05, 3.63) is 0 Å². The van der Waals surface area contributed by atoms with Gasteiger partial charge in [0.25, 0.3) is 6.29 Å². The summed E-state index contributed by atoms with van der Waals surface area (Å²) in [6.45, 7) is 0.448. The highest BCUT2D eigenvalue weighted by molar-refractivity contribution is 5.71. The van der Waals surface area contributed by atoms with E-state index in [2.05, 4.69) is 0 Å². The van der Waals surface area contributed by atoms with E-state index in [-0.39, 0.29) is 5.60 Å². The number of rotatable bonds is 1. The van der Waals surface area contributed by atoms with E-state index in [1.807, 2.05) is 0 Å². The molecule has 1 aliphatic carbocycles. The van der Waals surface area contributed by atoms with Crippen LogP contribution in [0, 0.1) is 0 Å². The van der Waals surface area contributed by atoms with Gasteiger partial charge in [0.2, 0.25) is 0 Å². The van der Waals surface area contributed by atoms with Gasteiger partial charge in [-0.25, -0.2) is 4.79 Å². The van der Waals surface area contributed by atoms with Gasteiger partial charge in [-0.15, -0.1) is 0 Å².